The van der Waals surface area contributed by atoms with Gasteiger partial charge in [0.2, 0.25) is 0 Å². The highest BCUT2D eigenvalue weighted by atomic mass is 31.2. The Bertz CT molecular complexity index is 1140. The molecule has 1 N–H and O–H groups in total. The molecule has 0 saturated heterocycles. The molecule has 324 valence electrons. The number of rotatable bonds is 39. The van der Waals surface area contributed by atoms with Crippen LogP contribution < -0.4 is 0 Å². The summed E-state index contributed by atoms with van der Waals surface area (Å²) in [5.74, 6) is -0.858. The van der Waals surface area contributed by atoms with Crippen LogP contribution in [0.15, 0.2) is 60.8 Å². The van der Waals surface area contributed by atoms with Crippen molar-refractivity contribution in [2.24, 2.45) is 0 Å². The maximum absolute atomic E-state index is 12.7. The zero-order valence-electron chi connectivity index (χ0n) is 36.3. The van der Waals surface area contributed by atoms with E-state index in [4.69, 9.17) is 18.5 Å². The minimum absolute atomic E-state index is 0.0205. The highest BCUT2D eigenvalue weighted by Crippen LogP contribution is 2.43. The lowest BCUT2D eigenvalue weighted by molar-refractivity contribution is -0.870. The van der Waals surface area contributed by atoms with Crippen LogP contribution in [0.25, 0.3) is 0 Å². The van der Waals surface area contributed by atoms with Gasteiger partial charge in [0.05, 0.1) is 27.7 Å². The maximum atomic E-state index is 12.7. The molecule has 0 amide bonds. The van der Waals surface area contributed by atoms with E-state index in [2.05, 4.69) is 74.6 Å². The van der Waals surface area contributed by atoms with Gasteiger partial charge in [0, 0.05) is 12.8 Å². The number of quaternary nitrogens is 1. The molecule has 0 bridgehead atoms. The fourth-order valence-electron chi connectivity index (χ4n) is 5.52. The number of hydrogen-bond acceptors (Lipinski definition) is 7. The third-order valence-corrected chi connectivity index (χ3v) is 10.0. The maximum Gasteiger partial charge on any atom is 0.472 e. The molecule has 1 unspecified atom stereocenters. The van der Waals surface area contributed by atoms with E-state index in [-0.39, 0.29) is 26.1 Å². The van der Waals surface area contributed by atoms with Crippen LogP contribution in [0.4, 0.5) is 0 Å². The van der Waals surface area contributed by atoms with Crippen molar-refractivity contribution in [3.05, 3.63) is 60.8 Å². The largest absolute Gasteiger partial charge is 0.472 e. The van der Waals surface area contributed by atoms with Crippen molar-refractivity contribution in [2.45, 2.75) is 174 Å². The topological polar surface area (TPSA) is 108 Å². The number of unbranched alkanes of at least 4 members (excludes halogenated alkanes) is 15. The molecule has 56 heavy (non-hydrogen) atoms. The summed E-state index contributed by atoms with van der Waals surface area (Å²) >= 11 is 0. The highest BCUT2D eigenvalue weighted by molar-refractivity contribution is 7.47. The molecule has 0 aliphatic heterocycles. The van der Waals surface area contributed by atoms with Crippen molar-refractivity contribution in [1.82, 2.24) is 0 Å². The summed E-state index contributed by atoms with van der Waals surface area (Å²) < 4.78 is 34.2. The van der Waals surface area contributed by atoms with E-state index in [9.17, 15) is 19.0 Å². The molecule has 0 aromatic carbocycles. The molecule has 0 aliphatic rings. The molecule has 0 aromatic heterocycles. The first kappa shape index (κ1) is 53.7. The Balaban J connectivity index is 4.46. The van der Waals surface area contributed by atoms with Crippen molar-refractivity contribution in [1.29, 1.82) is 0 Å². The molecule has 2 atom stereocenters. The molecule has 0 aliphatic carbocycles. The lowest BCUT2D eigenvalue weighted by Crippen LogP contribution is -2.37. The van der Waals surface area contributed by atoms with E-state index >= 15 is 0 Å². The number of carbonyl (C=O) groups excluding carboxylic acids is 2. The van der Waals surface area contributed by atoms with Gasteiger partial charge in [0.15, 0.2) is 6.10 Å². The molecule has 0 heterocycles. The molecule has 0 saturated carbocycles. The second-order valence-corrected chi connectivity index (χ2v) is 17.2. The van der Waals surface area contributed by atoms with Crippen LogP contribution in [-0.2, 0) is 32.7 Å². The van der Waals surface area contributed by atoms with Gasteiger partial charge in [-0.3, -0.25) is 18.6 Å². The summed E-state index contributed by atoms with van der Waals surface area (Å²) in [4.78, 5) is 35.3. The molecular formula is C46H83NO8P+. The Morgan fingerprint density at radius 2 is 0.964 bits per heavy atom. The van der Waals surface area contributed by atoms with Crippen molar-refractivity contribution in [3.8, 4) is 0 Å². The summed E-state index contributed by atoms with van der Waals surface area (Å²) in [6, 6.07) is 0. The van der Waals surface area contributed by atoms with Gasteiger partial charge in [-0.1, -0.05) is 132 Å². The zero-order chi connectivity index (χ0) is 41.4. The number of carbonyl (C=O) groups is 2. The molecule has 0 radical (unpaired) electrons. The smallest absolute Gasteiger partial charge is 0.462 e. The second-order valence-electron chi connectivity index (χ2n) is 15.7. The number of allylic oxidation sites excluding steroid dienone is 10. The van der Waals surface area contributed by atoms with Gasteiger partial charge in [0.25, 0.3) is 0 Å². The average molecular weight is 809 g/mol. The summed E-state index contributed by atoms with van der Waals surface area (Å²) in [5, 5.41) is 0. The monoisotopic (exact) mass is 809 g/mol. The number of esters is 2. The van der Waals surface area contributed by atoms with E-state index < -0.39 is 32.5 Å². The molecule has 0 aromatic rings. The van der Waals surface area contributed by atoms with Crippen LogP contribution in [-0.4, -0.2) is 74.9 Å². The predicted molar refractivity (Wildman–Crippen MR) is 233 cm³/mol. The SMILES string of the molecule is CCCCC/C=C/C/C=C/C/C=C/C/C=C/CCCCCC(=O)O[C@H](COC(=O)CCCCC/C=C/CCCCCCCC)COP(=O)(O)OCC[N+](C)(C)C. The molecule has 0 fully saturated rings. The lowest BCUT2D eigenvalue weighted by atomic mass is 10.1. The number of ether oxygens (including phenoxy) is 2. The van der Waals surface area contributed by atoms with Crippen LogP contribution in [0.2, 0.25) is 0 Å². The molecule has 9 nitrogen and oxygen atoms in total. The van der Waals surface area contributed by atoms with Gasteiger partial charge in [-0.05, 0) is 83.5 Å². The highest BCUT2D eigenvalue weighted by Gasteiger charge is 2.27. The Morgan fingerprint density at radius 1 is 0.554 bits per heavy atom. The molecule has 0 spiro atoms. The van der Waals surface area contributed by atoms with Crippen molar-refractivity contribution in [2.75, 3.05) is 47.5 Å². The molecule has 10 heteroatoms. The van der Waals surface area contributed by atoms with Crippen LogP contribution >= 0.6 is 7.82 Å². The number of phosphoric ester groups is 1. The minimum atomic E-state index is -4.39. The van der Waals surface area contributed by atoms with Crippen LogP contribution in [0, 0.1) is 0 Å². The van der Waals surface area contributed by atoms with Crippen molar-refractivity contribution in [3.63, 3.8) is 0 Å². The number of nitrogens with zero attached hydrogens (tertiary/aromatic N) is 1. The van der Waals surface area contributed by atoms with Gasteiger partial charge in [-0.2, -0.15) is 0 Å². The van der Waals surface area contributed by atoms with Crippen molar-refractivity contribution >= 4 is 19.8 Å². The van der Waals surface area contributed by atoms with Crippen LogP contribution in [0.3, 0.4) is 0 Å². The summed E-state index contributed by atoms with van der Waals surface area (Å²) in [5.41, 5.74) is 0. The average Bonchev–Trinajstić information content (AvgIpc) is 3.15. The van der Waals surface area contributed by atoms with Gasteiger partial charge in [-0.15, -0.1) is 0 Å². The number of hydrogen-bond donors (Lipinski definition) is 1. The third kappa shape index (κ3) is 41.3. The standard InChI is InChI=1S/C46H82NO8P/c1-6-8-10-12-14-16-18-20-21-22-23-24-25-27-29-31-33-35-37-39-46(49)55-44(43-54-56(50,51)53-41-40-47(3,4)5)42-52-45(48)38-36-34-32-30-28-26-19-17-15-13-11-9-7-2/h14,16,20-21,23-24,26-29,44H,6-13,15,17-19,22,25,30-43H2,1-5H3/p+1/b16-14+,21-20+,24-23+,28-26+,29-27+/t44-/m1/s1. The van der Waals surface area contributed by atoms with E-state index in [1.807, 2.05) is 21.1 Å². The normalized spacial score (nSPS) is 14.2. The number of phosphoric acid groups is 1. The Kier molecular flexibility index (Phi) is 36.7. The van der Waals surface area contributed by atoms with Gasteiger partial charge in [-0.25, -0.2) is 4.57 Å². The summed E-state index contributed by atoms with van der Waals surface area (Å²) in [6.45, 7) is 4.31. The van der Waals surface area contributed by atoms with E-state index in [0.29, 0.717) is 23.9 Å². The summed E-state index contributed by atoms with van der Waals surface area (Å²) in [6.07, 6.45) is 45.5. The first-order valence-corrected chi connectivity index (χ1v) is 23.5. The van der Waals surface area contributed by atoms with Crippen molar-refractivity contribution < 1.29 is 42.1 Å². The Labute approximate surface area is 343 Å². The lowest BCUT2D eigenvalue weighted by Gasteiger charge is -2.24. The van der Waals surface area contributed by atoms with Gasteiger partial charge < -0.3 is 18.9 Å². The summed E-state index contributed by atoms with van der Waals surface area (Å²) in [7, 11) is 1.44. The van der Waals surface area contributed by atoms with Gasteiger partial charge >= 0.3 is 19.8 Å². The third-order valence-electron chi connectivity index (χ3n) is 9.02. The van der Waals surface area contributed by atoms with Crippen LogP contribution in [0.1, 0.15) is 168 Å². The van der Waals surface area contributed by atoms with E-state index in [1.54, 1.807) is 0 Å². The van der Waals surface area contributed by atoms with Gasteiger partial charge in [0.1, 0.15) is 19.8 Å². The Hall–Kier alpha value is -2.29. The second kappa shape index (κ2) is 38.2. The minimum Gasteiger partial charge on any atom is -0.462 e. The quantitative estimate of drug-likeness (QED) is 0.0215. The fourth-order valence-corrected chi connectivity index (χ4v) is 6.26. The fraction of sp³-hybridized carbons (Fsp3) is 0.739. The molecular weight excluding hydrogens is 725 g/mol. The zero-order valence-corrected chi connectivity index (χ0v) is 37.2. The first-order valence-electron chi connectivity index (χ1n) is 22.0. The van der Waals surface area contributed by atoms with E-state index in [1.165, 1.54) is 64.2 Å². The Morgan fingerprint density at radius 3 is 1.48 bits per heavy atom. The van der Waals surface area contributed by atoms with Crippen LogP contribution in [0.5, 0.6) is 0 Å². The van der Waals surface area contributed by atoms with E-state index in [0.717, 1.165) is 64.2 Å². The predicted octanol–water partition coefficient (Wildman–Crippen LogP) is 12.5. The first-order chi connectivity index (χ1) is 27.0. The number of likely N-dealkylation sites (N-methyl/N-ethyl adjacent to an activating group) is 1. The molecule has 0 rings (SSSR count).